The predicted octanol–water partition coefficient (Wildman–Crippen LogP) is 3.14. The molecule has 3 rings (SSSR count). The van der Waals surface area contributed by atoms with Crippen molar-refractivity contribution >= 4 is 11.9 Å². The number of nitrogens with zero attached hydrogens (tertiary/aromatic N) is 1. The van der Waals surface area contributed by atoms with E-state index < -0.39 is 11.6 Å². The fourth-order valence-corrected chi connectivity index (χ4v) is 1.75. The molecule has 0 spiro atoms. The van der Waals surface area contributed by atoms with Crippen LogP contribution in [0.4, 0.5) is 14.5 Å². The highest BCUT2D eigenvalue weighted by molar-refractivity contribution is 5.81. The minimum absolute atomic E-state index is 0.100. The Hall–Kier alpha value is -2.63. The smallest absolute Gasteiger partial charge is 0.231 e. The van der Waals surface area contributed by atoms with Crippen LogP contribution in [-0.4, -0.2) is 13.0 Å². The van der Waals surface area contributed by atoms with Crippen LogP contribution in [0.1, 0.15) is 5.56 Å². The fourth-order valence-electron chi connectivity index (χ4n) is 1.75. The van der Waals surface area contributed by atoms with Crippen LogP contribution in [0, 0.1) is 11.6 Å². The van der Waals surface area contributed by atoms with Crippen LogP contribution in [0.15, 0.2) is 41.5 Å². The maximum atomic E-state index is 13.3. The van der Waals surface area contributed by atoms with Crippen molar-refractivity contribution in [1.29, 1.82) is 0 Å². The third kappa shape index (κ3) is 2.54. The number of hydrazone groups is 1. The van der Waals surface area contributed by atoms with E-state index in [1.807, 2.05) is 0 Å². The number of rotatable bonds is 3. The molecule has 20 heavy (non-hydrogen) atoms. The molecule has 1 aliphatic heterocycles. The Bertz CT molecular complexity index is 674. The first-order valence-corrected chi connectivity index (χ1v) is 5.86. The molecule has 0 unspecified atom stereocenters. The zero-order valence-electron chi connectivity index (χ0n) is 10.3. The van der Waals surface area contributed by atoms with Gasteiger partial charge in [0.15, 0.2) is 17.3 Å². The number of ether oxygens (including phenoxy) is 2. The Balaban J connectivity index is 1.71. The first-order valence-electron chi connectivity index (χ1n) is 5.86. The van der Waals surface area contributed by atoms with Crippen LogP contribution in [0.25, 0.3) is 0 Å². The van der Waals surface area contributed by atoms with Gasteiger partial charge in [0.05, 0.1) is 11.9 Å². The number of fused-ring (bicyclic) bond motifs is 1. The van der Waals surface area contributed by atoms with Gasteiger partial charge in [-0.05, 0) is 35.9 Å². The van der Waals surface area contributed by atoms with Crippen LogP contribution in [-0.2, 0) is 0 Å². The molecule has 1 aliphatic rings. The molecule has 0 saturated carbocycles. The molecule has 0 bridgehead atoms. The minimum Gasteiger partial charge on any atom is -0.454 e. The van der Waals surface area contributed by atoms with E-state index in [1.54, 1.807) is 18.2 Å². The van der Waals surface area contributed by atoms with Gasteiger partial charge in [-0.3, -0.25) is 5.43 Å². The SMILES string of the molecule is Fc1ccc(NN=Cc2ccc3c(c2)OCO3)c(F)c1. The maximum Gasteiger partial charge on any atom is 0.231 e. The van der Waals surface area contributed by atoms with Gasteiger partial charge < -0.3 is 9.47 Å². The van der Waals surface area contributed by atoms with E-state index in [0.29, 0.717) is 11.5 Å². The van der Waals surface area contributed by atoms with Gasteiger partial charge in [-0.2, -0.15) is 5.10 Å². The van der Waals surface area contributed by atoms with E-state index >= 15 is 0 Å². The van der Waals surface area contributed by atoms with Crippen LogP contribution in [0.2, 0.25) is 0 Å². The number of benzene rings is 2. The third-order valence-electron chi connectivity index (χ3n) is 2.73. The lowest BCUT2D eigenvalue weighted by molar-refractivity contribution is 0.174. The standard InChI is InChI=1S/C14H10F2N2O2/c15-10-2-3-12(11(16)6-10)18-17-7-9-1-4-13-14(5-9)20-8-19-13/h1-7,18H,8H2. The van der Waals surface area contributed by atoms with Gasteiger partial charge in [-0.25, -0.2) is 8.78 Å². The van der Waals surface area contributed by atoms with Crippen molar-refractivity contribution < 1.29 is 18.3 Å². The Kier molecular flexibility index (Phi) is 3.20. The summed E-state index contributed by atoms with van der Waals surface area (Å²) in [6.07, 6.45) is 1.50. The van der Waals surface area contributed by atoms with Gasteiger partial charge in [-0.1, -0.05) is 0 Å². The van der Waals surface area contributed by atoms with Crippen molar-refractivity contribution in [1.82, 2.24) is 0 Å². The Morgan fingerprint density at radius 2 is 1.90 bits per heavy atom. The van der Waals surface area contributed by atoms with E-state index in [2.05, 4.69) is 10.5 Å². The molecule has 0 amide bonds. The summed E-state index contributed by atoms with van der Waals surface area (Å²) in [5.41, 5.74) is 3.38. The van der Waals surface area contributed by atoms with E-state index in [0.717, 1.165) is 17.7 Å². The summed E-state index contributed by atoms with van der Waals surface area (Å²) in [6.45, 7) is 0.203. The first kappa shape index (κ1) is 12.4. The largest absolute Gasteiger partial charge is 0.454 e. The molecule has 0 aromatic heterocycles. The molecule has 0 aliphatic carbocycles. The second-order valence-corrected chi connectivity index (χ2v) is 4.11. The van der Waals surface area contributed by atoms with Gasteiger partial charge in [0.2, 0.25) is 6.79 Å². The van der Waals surface area contributed by atoms with E-state index in [9.17, 15) is 8.78 Å². The van der Waals surface area contributed by atoms with Crippen LogP contribution < -0.4 is 14.9 Å². The summed E-state index contributed by atoms with van der Waals surface area (Å²) >= 11 is 0. The lowest BCUT2D eigenvalue weighted by atomic mass is 10.2. The van der Waals surface area contributed by atoms with E-state index in [-0.39, 0.29) is 12.5 Å². The summed E-state index contributed by atoms with van der Waals surface area (Å²) in [7, 11) is 0. The number of hydrogen-bond donors (Lipinski definition) is 1. The molecule has 0 saturated heterocycles. The third-order valence-corrected chi connectivity index (χ3v) is 2.73. The molecule has 0 fully saturated rings. The highest BCUT2D eigenvalue weighted by Gasteiger charge is 2.12. The zero-order valence-corrected chi connectivity index (χ0v) is 10.3. The van der Waals surface area contributed by atoms with Crippen LogP contribution in [0.3, 0.4) is 0 Å². The number of anilines is 1. The van der Waals surface area contributed by atoms with Crippen molar-refractivity contribution in [3.63, 3.8) is 0 Å². The molecular formula is C14H10F2N2O2. The topological polar surface area (TPSA) is 42.9 Å². The van der Waals surface area contributed by atoms with Crippen LogP contribution >= 0.6 is 0 Å². The van der Waals surface area contributed by atoms with Crippen molar-refractivity contribution in [3.05, 3.63) is 53.6 Å². The van der Waals surface area contributed by atoms with Crippen molar-refractivity contribution in [2.75, 3.05) is 12.2 Å². The molecule has 2 aromatic rings. The van der Waals surface area contributed by atoms with E-state index in [1.165, 1.54) is 12.3 Å². The number of halogens is 2. The van der Waals surface area contributed by atoms with Crippen LogP contribution in [0.5, 0.6) is 11.5 Å². The highest BCUT2D eigenvalue weighted by atomic mass is 19.1. The quantitative estimate of drug-likeness (QED) is 0.691. The molecule has 1 heterocycles. The van der Waals surface area contributed by atoms with E-state index in [4.69, 9.17) is 9.47 Å². The number of hydrogen-bond acceptors (Lipinski definition) is 4. The number of nitrogens with one attached hydrogen (secondary N) is 1. The Morgan fingerprint density at radius 1 is 1.05 bits per heavy atom. The fraction of sp³-hybridized carbons (Fsp3) is 0.0714. The second kappa shape index (κ2) is 5.16. The van der Waals surface area contributed by atoms with Gasteiger partial charge in [-0.15, -0.1) is 0 Å². The summed E-state index contributed by atoms with van der Waals surface area (Å²) in [6, 6.07) is 8.54. The second-order valence-electron chi connectivity index (χ2n) is 4.11. The molecule has 1 N–H and O–H groups in total. The van der Waals surface area contributed by atoms with Gasteiger partial charge >= 0.3 is 0 Å². The monoisotopic (exact) mass is 276 g/mol. The van der Waals surface area contributed by atoms with Gasteiger partial charge in [0, 0.05) is 6.07 Å². The molecule has 6 heteroatoms. The maximum absolute atomic E-state index is 13.3. The predicted molar refractivity (Wildman–Crippen MR) is 70.1 cm³/mol. The summed E-state index contributed by atoms with van der Waals surface area (Å²) in [5, 5.41) is 3.89. The molecule has 4 nitrogen and oxygen atoms in total. The normalized spacial score (nSPS) is 12.9. The average Bonchev–Trinajstić information content (AvgIpc) is 2.89. The molecule has 0 radical (unpaired) electrons. The lowest BCUT2D eigenvalue weighted by Crippen LogP contribution is -1.94. The molecule has 2 aromatic carbocycles. The lowest BCUT2D eigenvalue weighted by Gasteiger charge is -2.02. The highest BCUT2D eigenvalue weighted by Crippen LogP contribution is 2.31. The van der Waals surface area contributed by atoms with Crippen molar-refractivity contribution in [3.8, 4) is 11.5 Å². The molecular weight excluding hydrogens is 266 g/mol. The van der Waals surface area contributed by atoms with Crippen molar-refractivity contribution in [2.45, 2.75) is 0 Å². The summed E-state index contributed by atoms with van der Waals surface area (Å²) in [4.78, 5) is 0. The summed E-state index contributed by atoms with van der Waals surface area (Å²) < 4.78 is 36.5. The van der Waals surface area contributed by atoms with Crippen molar-refractivity contribution in [2.24, 2.45) is 5.10 Å². The van der Waals surface area contributed by atoms with Gasteiger partial charge in [0.1, 0.15) is 5.82 Å². The average molecular weight is 276 g/mol. The Labute approximate surface area is 113 Å². The molecule has 102 valence electrons. The first-order chi connectivity index (χ1) is 9.72. The summed E-state index contributed by atoms with van der Waals surface area (Å²) in [5.74, 6) is -0.0118. The van der Waals surface area contributed by atoms with Gasteiger partial charge in [0.25, 0.3) is 0 Å². The molecule has 0 atom stereocenters. The Morgan fingerprint density at radius 3 is 2.75 bits per heavy atom. The zero-order chi connectivity index (χ0) is 13.9. The minimum atomic E-state index is -0.701.